The highest BCUT2D eigenvalue weighted by Gasteiger charge is 2.29. The first-order chi connectivity index (χ1) is 8.76. The lowest BCUT2D eigenvalue weighted by molar-refractivity contribution is -0.0326. The fraction of sp³-hybridized carbons (Fsp3) is 0.692. The number of hydrogen-bond donors (Lipinski definition) is 1. The normalized spacial score (nSPS) is 25.3. The zero-order chi connectivity index (χ0) is 12.5. The lowest BCUT2D eigenvalue weighted by atomic mass is 10.2. The number of nitrogens with two attached hydrogens (primary N) is 1. The van der Waals surface area contributed by atoms with Crippen LogP contribution in [0.3, 0.4) is 0 Å². The van der Waals surface area contributed by atoms with Crippen molar-refractivity contribution in [3.8, 4) is 0 Å². The van der Waals surface area contributed by atoms with Crippen molar-refractivity contribution in [2.24, 2.45) is 0 Å². The molecule has 98 valence electrons. The van der Waals surface area contributed by atoms with Gasteiger partial charge >= 0.3 is 0 Å². The van der Waals surface area contributed by atoms with Crippen LogP contribution >= 0.6 is 0 Å². The molecule has 2 N–H and O–H groups in total. The minimum atomic E-state index is -0.0281. The van der Waals surface area contributed by atoms with Crippen molar-refractivity contribution in [2.75, 3.05) is 32.0 Å². The topological polar surface area (TPSA) is 64.3 Å². The number of aromatic nitrogens is 2. The van der Waals surface area contributed by atoms with Gasteiger partial charge in [0.2, 0.25) is 0 Å². The average molecular weight is 248 g/mol. The monoisotopic (exact) mass is 248 g/mol. The molecular formula is C13H20N4O. The van der Waals surface area contributed by atoms with E-state index in [4.69, 9.17) is 10.5 Å². The second kappa shape index (κ2) is 4.82. The van der Waals surface area contributed by atoms with Crippen molar-refractivity contribution in [3.63, 3.8) is 0 Å². The van der Waals surface area contributed by atoms with Crippen LogP contribution in [0.2, 0.25) is 0 Å². The molecule has 0 aromatic carbocycles. The van der Waals surface area contributed by atoms with Gasteiger partial charge in [-0.1, -0.05) is 6.92 Å². The summed E-state index contributed by atoms with van der Waals surface area (Å²) in [5.41, 5.74) is 6.97. The van der Waals surface area contributed by atoms with E-state index in [1.165, 1.54) is 12.8 Å². The van der Waals surface area contributed by atoms with Crippen LogP contribution in [0.5, 0.6) is 0 Å². The van der Waals surface area contributed by atoms with Crippen LogP contribution in [0.15, 0.2) is 6.07 Å². The maximum Gasteiger partial charge on any atom is 0.161 e. The third-order valence-electron chi connectivity index (χ3n) is 3.66. The van der Waals surface area contributed by atoms with Crippen molar-refractivity contribution in [2.45, 2.75) is 31.8 Å². The van der Waals surface area contributed by atoms with Gasteiger partial charge in [-0.3, -0.25) is 4.90 Å². The molecule has 1 saturated carbocycles. The summed E-state index contributed by atoms with van der Waals surface area (Å²) >= 11 is 0. The largest absolute Gasteiger partial charge is 0.384 e. The summed E-state index contributed by atoms with van der Waals surface area (Å²) in [7, 11) is 0. The van der Waals surface area contributed by atoms with E-state index in [1.807, 2.05) is 6.07 Å². The van der Waals surface area contributed by atoms with E-state index in [1.54, 1.807) is 0 Å². The van der Waals surface area contributed by atoms with Gasteiger partial charge in [-0.15, -0.1) is 0 Å². The molecule has 5 nitrogen and oxygen atoms in total. The Morgan fingerprint density at radius 3 is 3.00 bits per heavy atom. The van der Waals surface area contributed by atoms with Gasteiger partial charge in [0.25, 0.3) is 0 Å². The average Bonchev–Trinajstić information content (AvgIpc) is 3.22. The van der Waals surface area contributed by atoms with Crippen molar-refractivity contribution in [3.05, 3.63) is 17.6 Å². The van der Waals surface area contributed by atoms with E-state index in [9.17, 15) is 0 Å². The Morgan fingerprint density at radius 1 is 1.44 bits per heavy atom. The summed E-state index contributed by atoms with van der Waals surface area (Å²) in [6.07, 6.45) is 2.42. The first kappa shape index (κ1) is 11.9. The molecule has 3 rings (SSSR count). The standard InChI is InChI=1S/C13H20N4O/c1-2-17-5-6-18-11(8-17)13-15-10(9-3-4-9)7-12(14)16-13/h7,9,11H,2-6,8H2,1H3,(H2,14,15,16). The number of hydrogen-bond acceptors (Lipinski definition) is 5. The Balaban J connectivity index is 1.81. The Bertz CT molecular complexity index is 433. The molecule has 2 aliphatic rings. The van der Waals surface area contributed by atoms with Crippen molar-refractivity contribution >= 4 is 5.82 Å². The molecule has 1 aliphatic carbocycles. The van der Waals surface area contributed by atoms with Gasteiger partial charge in [-0.2, -0.15) is 0 Å². The number of anilines is 1. The molecule has 18 heavy (non-hydrogen) atoms. The first-order valence-corrected chi connectivity index (χ1v) is 6.74. The molecule has 2 fully saturated rings. The van der Waals surface area contributed by atoms with Crippen molar-refractivity contribution in [1.82, 2.24) is 14.9 Å². The SMILES string of the molecule is CCN1CCOC(c2nc(N)cc(C3CC3)n2)C1. The highest BCUT2D eigenvalue weighted by molar-refractivity contribution is 5.33. The van der Waals surface area contributed by atoms with Gasteiger partial charge in [-0.05, 0) is 19.4 Å². The highest BCUT2D eigenvalue weighted by Crippen LogP contribution is 2.39. The van der Waals surface area contributed by atoms with Crippen molar-refractivity contribution < 1.29 is 4.74 Å². The minimum Gasteiger partial charge on any atom is -0.384 e. The number of nitrogen functional groups attached to an aromatic ring is 1. The molecule has 1 saturated heterocycles. The summed E-state index contributed by atoms with van der Waals surface area (Å²) in [4.78, 5) is 11.4. The summed E-state index contributed by atoms with van der Waals surface area (Å²) < 4.78 is 5.78. The van der Waals surface area contributed by atoms with E-state index < -0.39 is 0 Å². The van der Waals surface area contributed by atoms with Gasteiger partial charge in [0, 0.05) is 30.8 Å². The second-order valence-electron chi connectivity index (χ2n) is 5.10. The van der Waals surface area contributed by atoms with Gasteiger partial charge in [-0.25, -0.2) is 9.97 Å². The zero-order valence-electron chi connectivity index (χ0n) is 10.8. The Hall–Kier alpha value is -1.20. The predicted octanol–water partition coefficient (Wildman–Crippen LogP) is 1.33. The lowest BCUT2D eigenvalue weighted by Gasteiger charge is -2.31. The minimum absolute atomic E-state index is 0.0281. The van der Waals surface area contributed by atoms with Gasteiger partial charge in [0.15, 0.2) is 5.82 Å². The third-order valence-corrected chi connectivity index (χ3v) is 3.66. The predicted molar refractivity (Wildman–Crippen MR) is 69.2 cm³/mol. The Labute approximate surface area is 107 Å². The highest BCUT2D eigenvalue weighted by atomic mass is 16.5. The Morgan fingerprint density at radius 2 is 2.28 bits per heavy atom. The fourth-order valence-corrected chi connectivity index (χ4v) is 2.38. The molecular weight excluding hydrogens is 228 g/mol. The first-order valence-electron chi connectivity index (χ1n) is 6.74. The number of likely N-dealkylation sites (N-methyl/N-ethyl adjacent to an activating group) is 1. The molecule has 1 aromatic rings. The Kier molecular flexibility index (Phi) is 3.18. The van der Waals surface area contributed by atoms with E-state index >= 15 is 0 Å². The number of ether oxygens (including phenoxy) is 1. The summed E-state index contributed by atoms with van der Waals surface area (Å²) in [6, 6.07) is 1.90. The van der Waals surface area contributed by atoms with Crippen LogP contribution in [0.1, 0.15) is 43.3 Å². The van der Waals surface area contributed by atoms with Crippen LogP contribution in [0.25, 0.3) is 0 Å². The molecule has 0 spiro atoms. The molecule has 1 atom stereocenters. The summed E-state index contributed by atoms with van der Waals surface area (Å²) in [6.45, 7) is 5.81. The van der Waals surface area contributed by atoms with Gasteiger partial charge in [0.1, 0.15) is 11.9 Å². The zero-order valence-corrected chi connectivity index (χ0v) is 10.8. The van der Waals surface area contributed by atoms with E-state index in [0.29, 0.717) is 11.7 Å². The summed E-state index contributed by atoms with van der Waals surface area (Å²) in [5.74, 6) is 1.93. The van der Waals surface area contributed by atoms with Gasteiger partial charge < -0.3 is 10.5 Å². The van der Waals surface area contributed by atoms with Crippen LogP contribution in [0.4, 0.5) is 5.82 Å². The van der Waals surface area contributed by atoms with Crippen LogP contribution in [0, 0.1) is 0 Å². The summed E-state index contributed by atoms with van der Waals surface area (Å²) in [5, 5.41) is 0. The van der Waals surface area contributed by atoms with E-state index in [0.717, 1.165) is 37.8 Å². The lowest BCUT2D eigenvalue weighted by Crippen LogP contribution is -2.38. The molecule has 1 aliphatic heterocycles. The van der Waals surface area contributed by atoms with Gasteiger partial charge in [0.05, 0.1) is 6.61 Å². The van der Waals surface area contributed by atoms with E-state index in [2.05, 4.69) is 21.8 Å². The van der Waals surface area contributed by atoms with E-state index in [-0.39, 0.29) is 6.10 Å². The third kappa shape index (κ3) is 2.47. The molecule has 0 bridgehead atoms. The molecule has 0 radical (unpaired) electrons. The smallest absolute Gasteiger partial charge is 0.161 e. The van der Waals surface area contributed by atoms with Crippen LogP contribution in [-0.4, -0.2) is 41.1 Å². The fourth-order valence-electron chi connectivity index (χ4n) is 2.38. The van der Waals surface area contributed by atoms with Crippen LogP contribution < -0.4 is 5.73 Å². The quantitative estimate of drug-likeness (QED) is 0.874. The molecule has 1 unspecified atom stereocenters. The molecule has 0 amide bonds. The van der Waals surface area contributed by atoms with Crippen molar-refractivity contribution in [1.29, 1.82) is 0 Å². The molecule has 1 aromatic heterocycles. The number of morpholine rings is 1. The second-order valence-corrected chi connectivity index (χ2v) is 5.10. The maximum absolute atomic E-state index is 5.88. The van der Waals surface area contributed by atoms with Crippen LogP contribution in [-0.2, 0) is 4.74 Å². The number of nitrogens with zero attached hydrogens (tertiary/aromatic N) is 3. The molecule has 2 heterocycles. The number of rotatable bonds is 3. The maximum atomic E-state index is 5.88. The molecule has 5 heteroatoms.